The molecule has 3 aromatic rings. The number of nitrogens with zero attached hydrogens (tertiary/aromatic N) is 2. The van der Waals surface area contributed by atoms with Crippen molar-refractivity contribution < 1.29 is 21.6 Å². The first-order chi connectivity index (χ1) is 12.9. The van der Waals surface area contributed by atoms with Crippen molar-refractivity contribution in [3.05, 3.63) is 58.9 Å². The molecule has 1 unspecified atom stereocenters. The summed E-state index contributed by atoms with van der Waals surface area (Å²) in [6, 6.07) is 8.29. The van der Waals surface area contributed by atoms with Crippen LogP contribution < -0.4 is 0 Å². The first kappa shape index (κ1) is 18.4. The van der Waals surface area contributed by atoms with Crippen molar-refractivity contribution in [2.24, 2.45) is 0 Å². The van der Waals surface area contributed by atoms with E-state index in [1.807, 2.05) is 24.3 Å². The van der Waals surface area contributed by atoms with Gasteiger partial charge < -0.3 is 0 Å². The van der Waals surface area contributed by atoms with Crippen molar-refractivity contribution in [2.45, 2.75) is 30.2 Å². The van der Waals surface area contributed by atoms with E-state index in [0.29, 0.717) is 23.9 Å². The molecular formula is C18H15F3N2O2S2. The Kier molecular flexibility index (Phi) is 4.69. The number of halogens is 3. The normalized spacial score (nSPS) is 18.9. The van der Waals surface area contributed by atoms with Gasteiger partial charge in [-0.1, -0.05) is 18.6 Å². The quantitative estimate of drug-likeness (QED) is 0.590. The summed E-state index contributed by atoms with van der Waals surface area (Å²) in [7, 11) is -4.35. The monoisotopic (exact) mass is 412 g/mol. The maximum Gasteiger partial charge on any atom is 0.246 e. The number of benzene rings is 2. The maximum absolute atomic E-state index is 14.2. The molecule has 1 atom stereocenters. The molecule has 0 amide bonds. The molecule has 0 N–H and O–H groups in total. The zero-order valence-electron chi connectivity index (χ0n) is 14.0. The molecule has 0 radical (unpaired) electrons. The molecule has 2 heterocycles. The number of hydrogen-bond acceptors (Lipinski definition) is 4. The van der Waals surface area contributed by atoms with Crippen molar-refractivity contribution in [1.29, 1.82) is 0 Å². The molecule has 2 aromatic carbocycles. The van der Waals surface area contributed by atoms with Gasteiger partial charge in [-0.25, -0.2) is 26.6 Å². The summed E-state index contributed by atoms with van der Waals surface area (Å²) >= 11 is 1.38. The number of thiazole rings is 1. The molecule has 1 saturated heterocycles. The van der Waals surface area contributed by atoms with Crippen LogP contribution in [0.25, 0.3) is 10.2 Å². The smallest absolute Gasteiger partial charge is 0.239 e. The molecule has 0 aliphatic carbocycles. The summed E-state index contributed by atoms with van der Waals surface area (Å²) in [5, 5.41) is 0.613. The van der Waals surface area contributed by atoms with Crippen molar-refractivity contribution in [2.75, 3.05) is 6.54 Å². The Hall–Kier alpha value is -1.97. The van der Waals surface area contributed by atoms with E-state index in [9.17, 15) is 21.6 Å². The van der Waals surface area contributed by atoms with Gasteiger partial charge in [-0.05, 0) is 37.1 Å². The molecule has 0 saturated carbocycles. The first-order valence-electron chi connectivity index (χ1n) is 8.40. The van der Waals surface area contributed by atoms with Crippen LogP contribution in [-0.2, 0) is 10.0 Å². The number of aromatic nitrogens is 1. The number of rotatable bonds is 3. The summed E-state index contributed by atoms with van der Waals surface area (Å²) in [5.41, 5.74) is 0.763. The van der Waals surface area contributed by atoms with Gasteiger partial charge in [-0.15, -0.1) is 11.3 Å². The van der Waals surface area contributed by atoms with Crippen molar-refractivity contribution in [3.63, 3.8) is 0 Å². The summed E-state index contributed by atoms with van der Waals surface area (Å²) in [6.45, 7) is 0.168. The number of fused-ring (bicyclic) bond motifs is 1. The fourth-order valence-electron chi connectivity index (χ4n) is 3.31. The second kappa shape index (κ2) is 6.88. The van der Waals surface area contributed by atoms with Gasteiger partial charge in [0, 0.05) is 6.54 Å². The Morgan fingerprint density at radius 2 is 1.81 bits per heavy atom. The highest BCUT2D eigenvalue weighted by atomic mass is 32.2. The zero-order valence-corrected chi connectivity index (χ0v) is 15.7. The van der Waals surface area contributed by atoms with Gasteiger partial charge in [0.2, 0.25) is 10.0 Å². The molecule has 27 heavy (non-hydrogen) atoms. The standard InChI is InChI=1S/C18H15F3N2O2S2/c19-11-8-9-15(17(21)16(11)20)27(24,25)23-10-4-3-6-13(23)18-22-12-5-1-2-7-14(12)26-18/h1-2,5,7-9,13H,3-4,6,10H2. The van der Waals surface area contributed by atoms with Crippen molar-refractivity contribution >= 4 is 31.6 Å². The van der Waals surface area contributed by atoms with Gasteiger partial charge in [0.15, 0.2) is 17.5 Å². The summed E-state index contributed by atoms with van der Waals surface area (Å²) < 4.78 is 69.2. The minimum absolute atomic E-state index is 0.168. The van der Waals surface area contributed by atoms with E-state index in [1.54, 1.807) is 0 Å². The number of hydrogen-bond donors (Lipinski definition) is 0. The number of piperidine rings is 1. The minimum Gasteiger partial charge on any atom is -0.239 e. The molecule has 9 heteroatoms. The van der Waals surface area contributed by atoms with E-state index in [-0.39, 0.29) is 6.54 Å². The third kappa shape index (κ3) is 3.13. The molecule has 0 bridgehead atoms. The van der Waals surface area contributed by atoms with Crippen LogP contribution in [0.15, 0.2) is 41.3 Å². The topological polar surface area (TPSA) is 50.3 Å². The SMILES string of the molecule is O=S(=O)(c1ccc(F)c(F)c1F)N1CCCCC1c1nc2ccccc2s1. The van der Waals surface area contributed by atoms with Crippen LogP contribution in [0.1, 0.15) is 30.3 Å². The van der Waals surface area contributed by atoms with E-state index in [0.717, 1.165) is 27.0 Å². The van der Waals surface area contributed by atoms with Gasteiger partial charge in [-0.3, -0.25) is 0 Å². The maximum atomic E-state index is 14.2. The lowest BCUT2D eigenvalue weighted by Gasteiger charge is -2.33. The van der Waals surface area contributed by atoms with E-state index < -0.39 is 38.4 Å². The molecular weight excluding hydrogens is 397 g/mol. The van der Waals surface area contributed by atoms with Crippen LogP contribution in [0.2, 0.25) is 0 Å². The van der Waals surface area contributed by atoms with Crippen LogP contribution in [0, 0.1) is 17.5 Å². The minimum atomic E-state index is -4.35. The average molecular weight is 412 g/mol. The molecule has 4 nitrogen and oxygen atoms in total. The van der Waals surface area contributed by atoms with Crippen LogP contribution in [0.5, 0.6) is 0 Å². The Bertz CT molecular complexity index is 1080. The van der Waals surface area contributed by atoms with Crippen LogP contribution in [0.3, 0.4) is 0 Å². The van der Waals surface area contributed by atoms with Crippen molar-refractivity contribution in [1.82, 2.24) is 9.29 Å². The summed E-state index contributed by atoms with van der Waals surface area (Å²) in [6.07, 6.45) is 1.93. The van der Waals surface area contributed by atoms with Crippen LogP contribution >= 0.6 is 11.3 Å². The Morgan fingerprint density at radius 1 is 1.04 bits per heavy atom. The highest BCUT2D eigenvalue weighted by Gasteiger charge is 2.38. The average Bonchev–Trinajstić information content (AvgIpc) is 3.10. The largest absolute Gasteiger partial charge is 0.246 e. The second-order valence-corrected chi connectivity index (χ2v) is 9.24. The molecule has 1 aliphatic heterocycles. The third-order valence-corrected chi connectivity index (χ3v) is 7.70. The predicted octanol–water partition coefficient (Wildman–Crippen LogP) is 4.63. The Labute approximate surface area is 158 Å². The molecule has 4 rings (SSSR count). The number of para-hydroxylation sites is 1. The van der Waals surface area contributed by atoms with Gasteiger partial charge >= 0.3 is 0 Å². The summed E-state index contributed by atoms with van der Waals surface area (Å²) in [4.78, 5) is 3.68. The zero-order chi connectivity index (χ0) is 19.2. The van der Waals surface area contributed by atoms with Gasteiger partial charge in [0.05, 0.1) is 16.3 Å². The van der Waals surface area contributed by atoms with Crippen molar-refractivity contribution in [3.8, 4) is 0 Å². The summed E-state index contributed by atoms with van der Waals surface area (Å²) in [5.74, 6) is -4.90. The lowest BCUT2D eigenvalue weighted by atomic mass is 10.1. The second-order valence-electron chi connectivity index (χ2n) is 6.32. The van der Waals surface area contributed by atoms with E-state index in [2.05, 4.69) is 4.98 Å². The Balaban J connectivity index is 1.79. The van der Waals surface area contributed by atoms with E-state index >= 15 is 0 Å². The molecule has 1 aromatic heterocycles. The number of sulfonamides is 1. The van der Waals surface area contributed by atoms with Gasteiger partial charge in [0.1, 0.15) is 9.90 Å². The van der Waals surface area contributed by atoms with Gasteiger partial charge in [-0.2, -0.15) is 4.31 Å². The third-order valence-electron chi connectivity index (χ3n) is 4.64. The lowest BCUT2D eigenvalue weighted by Crippen LogP contribution is -2.39. The lowest BCUT2D eigenvalue weighted by molar-refractivity contribution is 0.254. The molecule has 142 valence electrons. The Morgan fingerprint density at radius 3 is 2.59 bits per heavy atom. The molecule has 0 spiro atoms. The van der Waals surface area contributed by atoms with Crippen LogP contribution in [-0.4, -0.2) is 24.3 Å². The predicted molar refractivity (Wildman–Crippen MR) is 96.4 cm³/mol. The van der Waals surface area contributed by atoms with E-state index in [1.165, 1.54) is 11.3 Å². The van der Waals surface area contributed by atoms with E-state index in [4.69, 9.17) is 0 Å². The fraction of sp³-hybridized carbons (Fsp3) is 0.278. The highest BCUT2D eigenvalue weighted by Crippen LogP contribution is 2.39. The van der Waals surface area contributed by atoms with Crippen LogP contribution in [0.4, 0.5) is 13.2 Å². The fourth-order valence-corrected chi connectivity index (χ4v) is 6.21. The first-order valence-corrected chi connectivity index (χ1v) is 10.7. The highest BCUT2D eigenvalue weighted by molar-refractivity contribution is 7.89. The van der Waals surface area contributed by atoms with Gasteiger partial charge in [0.25, 0.3) is 0 Å². The molecule has 1 fully saturated rings. The molecule has 1 aliphatic rings.